The van der Waals surface area contributed by atoms with Gasteiger partial charge in [0.1, 0.15) is 0 Å². The van der Waals surface area contributed by atoms with Crippen LogP contribution >= 0.6 is 35.3 Å². The maximum absolute atomic E-state index is 5.30. The molecule has 0 amide bonds. The molecule has 23 heavy (non-hydrogen) atoms. The number of hydrogen-bond acceptors (Lipinski definition) is 4. The van der Waals surface area contributed by atoms with E-state index in [4.69, 9.17) is 9.47 Å². The summed E-state index contributed by atoms with van der Waals surface area (Å²) < 4.78 is 10.5. The Balaban J connectivity index is 0.00000264. The molecule has 1 aromatic carbocycles. The van der Waals surface area contributed by atoms with Crippen molar-refractivity contribution in [2.75, 3.05) is 26.6 Å². The maximum Gasteiger partial charge on any atom is 0.195 e. The van der Waals surface area contributed by atoms with Gasteiger partial charge in [-0.25, -0.2) is 0 Å². The number of nitrogens with one attached hydrogen (secondary N) is 2. The first kappa shape index (κ1) is 19.6. The average Bonchev–Trinajstić information content (AvgIpc) is 2.96. The molecule has 0 radical (unpaired) electrons. The van der Waals surface area contributed by atoms with E-state index in [0.717, 1.165) is 12.2 Å². The van der Waals surface area contributed by atoms with E-state index in [1.807, 2.05) is 18.2 Å². The number of nitrogens with zero attached hydrogens (tertiary/aromatic N) is 1. The lowest BCUT2D eigenvalue weighted by Gasteiger charge is -2.13. The van der Waals surface area contributed by atoms with Crippen molar-refractivity contribution in [3.8, 4) is 11.5 Å². The van der Waals surface area contributed by atoms with Crippen LogP contribution in [0.2, 0.25) is 0 Å². The Morgan fingerprint density at radius 3 is 2.43 bits per heavy atom. The van der Waals surface area contributed by atoms with Crippen LogP contribution in [-0.2, 0) is 6.54 Å². The third-order valence-electron chi connectivity index (χ3n) is 3.10. The second-order valence-corrected chi connectivity index (χ2v) is 6.01. The summed E-state index contributed by atoms with van der Waals surface area (Å²) in [7, 11) is 4.98. The third kappa shape index (κ3) is 5.58. The summed E-state index contributed by atoms with van der Waals surface area (Å²) in [5.41, 5.74) is 0.883. The van der Waals surface area contributed by atoms with Gasteiger partial charge in [0.25, 0.3) is 0 Å². The topological polar surface area (TPSA) is 54.9 Å². The normalized spacial score (nSPS) is 10.7. The predicted octanol–water partition coefficient (Wildman–Crippen LogP) is 3.88. The summed E-state index contributed by atoms with van der Waals surface area (Å²) in [5.74, 6) is 2.08. The molecule has 2 N–H and O–H groups in total. The van der Waals surface area contributed by atoms with E-state index >= 15 is 0 Å². The number of guanidine groups is 1. The molecular formula is C16H22IN3O2S. The monoisotopic (exact) mass is 447 g/mol. The average molecular weight is 447 g/mol. The zero-order chi connectivity index (χ0) is 15.9. The van der Waals surface area contributed by atoms with Crippen LogP contribution in [0.15, 0.2) is 35.3 Å². The molecule has 5 nitrogen and oxygen atoms in total. The number of anilines is 1. The summed E-state index contributed by atoms with van der Waals surface area (Å²) in [6.07, 6.45) is 0. The lowest BCUT2D eigenvalue weighted by atomic mass is 10.3. The molecule has 0 saturated carbocycles. The Bertz CT molecular complexity index is 659. The fourth-order valence-corrected chi connectivity index (χ4v) is 2.81. The molecule has 1 heterocycles. The van der Waals surface area contributed by atoms with Gasteiger partial charge in [0.05, 0.1) is 20.8 Å². The fourth-order valence-electron chi connectivity index (χ4n) is 1.98. The summed E-state index contributed by atoms with van der Waals surface area (Å²) in [5, 5.41) is 6.53. The third-order valence-corrected chi connectivity index (χ3v) is 4.10. The lowest BCUT2D eigenvalue weighted by Crippen LogP contribution is -2.29. The summed E-state index contributed by atoms with van der Waals surface area (Å²) in [4.78, 5) is 6.81. The summed E-state index contributed by atoms with van der Waals surface area (Å²) in [6, 6.07) is 9.89. The van der Waals surface area contributed by atoms with Gasteiger partial charge < -0.3 is 20.1 Å². The Kier molecular flexibility index (Phi) is 8.18. The quantitative estimate of drug-likeness (QED) is 0.415. The predicted molar refractivity (Wildman–Crippen MR) is 108 cm³/mol. The number of hydrogen-bond donors (Lipinski definition) is 2. The molecular weight excluding hydrogens is 425 g/mol. The first-order valence-corrected chi connectivity index (χ1v) is 7.73. The molecule has 0 fully saturated rings. The van der Waals surface area contributed by atoms with Gasteiger partial charge in [0, 0.05) is 28.6 Å². The molecule has 2 rings (SSSR count). The molecule has 0 bridgehead atoms. The van der Waals surface area contributed by atoms with Crippen molar-refractivity contribution in [3.63, 3.8) is 0 Å². The van der Waals surface area contributed by atoms with Crippen molar-refractivity contribution in [2.24, 2.45) is 4.99 Å². The van der Waals surface area contributed by atoms with Crippen molar-refractivity contribution < 1.29 is 9.47 Å². The molecule has 0 saturated heterocycles. The highest BCUT2D eigenvalue weighted by molar-refractivity contribution is 14.0. The highest BCUT2D eigenvalue weighted by Crippen LogP contribution is 2.29. The number of thiophene rings is 1. The van der Waals surface area contributed by atoms with E-state index in [0.29, 0.717) is 17.5 Å². The van der Waals surface area contributed by atoms with Crippen LogP contribution in [-0.4, -0.2) is 27.2 Å². The zero-order valence-electron chi connectivity index (χ0n) is 13.7. The minimum absolute atomic E-state index is 0. The van der Waals surface area contributed by atoms with Crippen molar-refractivity contribution >= 4 is 47.0 Å². The van der Waals surface area contributed by atoms with E-state index in [2.05, 4.69) is 34.7 Å². The minimum Gasteiger partial charge on any atom is -0.493 e. The second-order valence-electron chi connectivity index (χ2n) is 4.63. The first-order valence-electron chi connectivity index (χ1n) is 6.91. The number of aliphatic imine (C=N–C) groups is 1. The molecule has 0 aliphatic heterocycles. The molecule has 0 aliphatic carbocycles. The smallest absolute Gasteiger partial charge is 0.195 e. The standard InChI is InChI=1S/C16H21N3O2S.HI/c1-11-5-7-13(22-11)10-18-16(17-2)19-12-6-8-14(20-3)15(9-12)21-4;/h5-9H,10H2,1-4H3,(H2,17,18,19);1H. The fraction of sp³-hybridized carbons (Fsp3) is 0.312. The molecule has 1 aromatic heterocycles. The summed E-state index contributed by atoms with van der Waals surface area (Å²) in [6.45, 7) is 2.84. The summed E-state index contributed by atoms with van der Waals surface area (Å²) >= 11 is 1.78. The van der Waals surface area contributed by atoms with Crippen LogP contribution in [0.3, 0.4) is 0 Å². The van der Waals surface area contributed by atoms with E-state index in [9.17, 15) is 0 Å². The van der Waals surface area contributed by atoms with Crippen LogP contribution in [0.1, 0.15) is 9.75 Å². The van der Waals surface area contributed by atoms with E-state index in [-0.39, 0.29) is 24.0 Å². The number of benzene rings is 1. The van der Waals surface area contributed by atoms with E-state index in [1.54, 1.807) is 32.6 Å². The van der Waals surface area contributed by atoms with Crippen molar-refractivity contribution in [2.45, 2.75) is 13.5 Å². The van der Waals surface area contributed by atoms with E-state index < -0.39 is 0 Å². The molecule has 0 unspecified atom stereocenters. The maximum atomic E-state index is 5.30. The van der Waals surface area contributed by atoms with Crippen LogP contribution < -0.4 is 20.1 Å². The largest absolute Gasteiger partial charge is 0.493 e. The van der Waals surface area contributed by atoms with Gasteiger partial charge in [0.2, 0.25) is 0 Å². The van der Waals surface area contributed by atoms with Crippen LogP contribution in [0.5, 0.6) is 11.5 Å². The number of rotatable bonds is 5. The number of ether oxygens (including phenoxy) is 2. The Labute approximate surface area is 158 Å². The molecule has 126 valence electrons. The Morgan fingerprint density at radius 1 is 1.13 bits per heavy atom. The van der Waals surface area contributed by atoms with Gasteiger partial charge in [-0.05, 0) is 31.2 Å². The SMILES string of the molecule is CN=C(NCc1ccc(C)s1)Nc1ccc(OC)c(OC)c1.I. The Hall–Kier alpha value is -1.48. The van der Waals surface area contributed by atoms with Crippen molar-refractivity contribution in [3.05, 3.63) is 40.1 Å². The Morgan fingerprint density at radius 2 is 1.87 bits per heavy atom. The van der Waals surface area contributed by atoms with Crippen LogP contribution in [0.25, 0.3) is 0 Å². The molecule has 2 aromatic rings. The van der Waals surface area contributed by atoms with Crippen LogP contribution in [0, 0.1) is 6.92 Å². The number of methoxy groups -OCH3 is 2. The minimum atomic E-state index is 0. The number of aryl methyl sites for hydroxylation is 1. The number of halogens is 1. The van der Waals surface area contributed by atoms with Gasteiger partial charge in [-0.3, -0.25) is 4.99 Å². The second kappa shape index (κ2) is 9.61. The van der Waals surface area contributed by atoms with Gasteiger partial charge in [-0.1, -0.05) is 0 Å². The van der Waals surface area contributed by atoms with Gasteiger partial charge >= 0.3 is 0 Å². The van der Waals surface area contributed by atoms with Crippen LogP contribution in [0.4, 0.5) is 5.69 Å². The van der Waals surface area contributed by atoms with Crippen molar-refractivity contribution in [1.82, 2.24) is 5.32 Å². The molecule has 0 spiro atoms. The lowest BCUT2D eigenvalue weighted by molar-refractivity contribution is 0.355. The zero-order valence-corrected chi connectivity index (χ0v) is 16.8. The highest BCUT2D eigenvalue weighted by Gasteiger charge is 2.06. The molecule has 7 heteroatoms. The van der Waals surface area contributed by atoms with E-state index in [1.165, 1.54) is 9.75 Å². The molecule has 0 aliphatic rings. The first-order chi connectivity index (χ1) is 10.7. The van der Waals surface area contributed by atoms with Gasteiger partial charge in [-0.15, -0.1) is 35.3 Å². The highest BCUT2D eigenvalue weighted by atomic mass is 127. The van der Waals surface area contributed by atoms with Crippen molar-refractivity contribution in [1.29, 1.82) is 0 Å². The van der Waals surface area contributed by atoms with Gasteiger partial charge in [0.15, 0.2) is 17.5 Å². The van der Waals surface area contributed by atoms with Gasteiger partial charge in [-0.2, -0.15) is 0 Å². The molecule has 0 atom stereocenters.